The lowest BCUT2D eigenvalue weighted by Crippen LogP contribution is -2.33. The van der Waals surface area contributed by atoms with Gasteiger partial charge in [-0.15, -0.1) is 0 Å². The molecule has 0 spiro atoms. The zero-order valence-corrected chi connectivity index (χ0v) is 10.4. The fraction of sp³-hybridized carbons (Fsp3) is 0.462. The van der Waals surface area contributed by atoms with Crippen LogP contribution >= 0.6 is 0 Å². The van der Waals surface area contributed by atoms with Gasteiger partial charge in [-0.2, -0.15) is 0 Å². The number of anilines is 1. The summed E-state index contributed by atoms with van der Waals surface area (Å²) in [7, 11) is 0. The summed E-state index contributed by atoms with van der Waals surface area (Å²) in [4.78, 5) is 13.9. The second-order valence-electron chi connectivity index (χ2n) is 4.43. The molecule has 0 bridgehead atoms. The van der Waals surface area contributed by atoms with Crippen molar-refractivity contribution in [2.24, 2.45) is 0 Å². The average molecular weight is 252 g/mol. The molecule has 0 radical (unpaired) electrons. The van der Waals surface area contributed by atoms with Crippen LogP contribution in [0.2, 0.25) is 0 Å². The Bertz CT molecular complexity index is 431. The number of amides is 1. The minimum absolute atomic E-state index is 0.189. The molecule has 5 heteroatoms. The number of hydrogen-bond donors (Lipinski definition) is 1. The van der Waals surface area contributed by atoms with E-state index in [-0.39, 0.29) is 5.91 Å². The van der Waals surface area contributed by atoms with Crippen molar-refractivity contribution in [3.05, 3.63) is 29.1 Å². The Morgan fingerprint density at radius 2 is 2.17 bits per heavy atom. The number of rotatable bonds is 1. The predicted molar refractivity (Wildman–Crippen MR) is 66.9 cm³/mol. The number of hydrogen-bond acceptors (Lipinski definition) is 3. The van der Waals surface area contributed by atoms with Gasteiger partial charge >= 0.3 is 0 Å². The SMILES string of the molecule is Cc1c(N)cc(C(=O)N2CCCOCC2)cc1F. The summed E-state index contributed by atoms with van der Waals surface area (Å²) >= 11 is 0. The second kappa shape index (κ2) is 5.35. The third kappa shape index (κ3) is 2.61. The van der Waals surface area contributed by atoms with Crippen LogP contribution in [0.3, 0.4) is 0 Å². The molecule has 2 N–H and O–H groups in total. The molecule has 1 aromatic carbocycles. The quantitative estimate of drug-likeness (QED) is 0.772. The minimum Gasteiger partial charge on any atom is -0.398 e. The summed E-state index contributed by atoms with van der Waals surface area (Å²) in [6.07, 6.45) is 0.801. The molecule has 0 saturated carbocycles. The summed E-state index contributed by atoms with van der Waals surface area (Å²) in [5, 5.41) is 0. The second-order valence-corrected chi connectivity index (χ2v) is 4.43. The Balaban J connectivity index is 2.22. The van der Waals surface area contributed by atoms with E-state index in [0.29, 0.717) is 43.1 Å². The van der Waals surface area contributed by atoms with Crippen LogP contribution in [0.5, 0.6) is 0 Å². The highest BCUT2D eigenvalue weighted by atomic mass is 19.1. The summed E-state index contributed by atoms with van der Waals surface area (Å²) < 4.78 is 18.9. The first-order chi connectivity index (χ1) is 8.59. The smallest absolute Gasteiger partial charge is 0.254 e. The predicted octanol–water partition coefficient (Wildman–Crippen LogP) is 1.58. The molecule has 0 unspecified atom stereocenters. The Hall–Kier alpha value is -1.62. The highest BCUT2D eigenvalue weighted by Gasteiger charge is 2.19. The van der Waals surface area contributed by atoms with Crippen LogP contribution < -0.4 is 5.73 Å². The summed E-state index contributed by atoms with van der Waals surface area (Å²) in [5.41, 5.74) is 6.68. The summed E-state index contributed by atoms with van der Waals surface area (Å²) in [6, 6.07) is 2.78. The highest BCUT2D eigenvalue weighted by Crippen LogP contribution is 2.19. The standard InChI is InChI=1S/C13H17FN2O2/c1-9-11(14)7-10(8-12(9)15)13(17)16-3-2-5-18-6-4-16/h7-8H,2-6,15H2,1H3. The monoisotopic (exact) mass is 252 g/mol. The largest absolute Gasteiger partial charge is 0.398 e. The molecular formula is C13H17FN2O2. The van der Waals surface area contributed by atoms with Crippen LogP contribution in [0, 0.1) is 12.7 Å². The van der Waals surface area contributed by atoms with Gasteiger partial charge < -0.3 is 15.4 Å². The first-order valence-corrected chi connectivity index (χ1v) is 6.02. The van der Waals surface area contributed by atoms with Gasteiger partial charge in [0.15, 0.2) is 0 Å². The fourth-order valence-electron chi connectivity index (χ4n) is 1.96. The maximum absolute atomic E-state index is 13.6. The summed E-state index contributed by atoms with van der Waals surface area (Å²) in [5.74, 6) is -0.629. The Kier molecular flexibility index (Phi) is 3.81. The Morgan fingerprint density at radius 1 is 1.39 bits per heavy atom. The molecule has 1 saturated heterocycles. The van der Waals surface area contributed by atoms with Gasteiger partial charge in [0.25, 0.3) is 5.91 Å². The maximum atomic E-state index is 13.6. The lowest BCUT2D eigenvalue weighted by Gasteiger charge is -2.20. The van der Waals surface area contributed by atoms with E-state index in [0.717, 1.165) is 6.42 Å². The van der Waals surface area contributed by atoms with E-state index in [1.54, 1.807) is 11.8 Å². The molecule has 1 aliphatic rings. The molecule has 1 fully saturated rings. The van der Waals surface area contributed by atoms with Gasteiger partial charge in [0.05, 0.1) is 6.61 Å². The zero-order chi connectivity index (χ0) is 13.1. The maximum Gasteiger partial charge on any atom is 0.254 e. The van der Waals surface area contributed by atoms with Gasteiger partial charge in [-0.05, 0) is 25.5 Å². The normalized spacial score (nSPS) is 16.4. The number of nitrogen functional groups attached to an aromatic ring is 1. The van der Waals surface area contributed by atoms with Crippen molar-refractivity contribution in [2.45, 2.75) is 13.3 Å². The third-order valence-corrected chi connectivity index (χ3v) is 3.14. The van der Waals surface area contributed by atoms with E-state index < -0.39 is 5.82 Å². The number of carbonyl (C=O) groups excluding carboxylic acids is 1. The van der Waals surface area contributed by atoms with Crippen LogP contribution in [-0.2, 0) is 4.74 Å². The molecule has 0 atom stereocenters. The number of benzene rings is 1. The van der Waals surface area contributed by atoms with Crippen LogP contribution in [0.25, 0.3) is 0 Å². The Morgan fingerprint density at radius 3 is 2.89 bits per heavy atom. The van der Waals surface area contributed by atoms with Gasteiger partial charge in [0.2, 0.25) is 0 Å². The van der Waals surface area contributed by atoms with E-state index >= 15 is 0 Å². The number of nitrogens with two attached hydrogens (primary N) is 1. The van der Waals surface area contributed by atoms with E-state index in [4.69, 9.17) is 10.5 Å². The molecular weight excluding hydrogens is 235 g/mol. The van der Waals surface area contributed by atoms with Crippen molar-refractivity contribution >= 4 is 11.6 Å². The molecule has 1 aromatic rings. The number of carbonyl (C=O) groups is 1. The van der Waals surface area contributed by atoms with Crippen molar-refractivity contribution in [1.29, 1.82) is 0 Å². The average Bonchev–Trinajstić information content (AvgIpc) is 2.63. The Labute approximate surface area is 106 Å². The first kappa shape index (κ1) is 12.8. The molecule has 98 valence electrons. The first-order valence-electron chi connectivity index (χ1n) is 6.02. The van der Waals surface area contributed by atoms with E-state index in [1.807, 2.05) is 0 Å². The molecule has 2 rings (SSSR count). The molecule has 1 aliphatic heterocycles. The molecule has 1 amide bonds. The molecule has 0 aliphatic carbocycles. The topological polar surface area (TPSA) is 55.6 Å². The van der Waals surface area contributed by atoms with Crippen molar-refractivity contribution in [3.8, 4) is 0 Å². The third-order valence-electron chi connectivity index (χ3n) is 3.14. The molecule has 4 nitrogen and oxygen atoms in total. The molecule has 18 heavy (non-hydrogen) atoms. The van der Waals surface area contributed by atoms with Crippen LogP contribution in [0.15, 0.2) is 12.1 Å². The number of halogens is 1. The number of nitrogens with zero attached hydrogens (tertiary/aromatic N) is 1. The van der Waals surface area contributed by atoms with Crippen molar-refractivity contribution in [1.82, 2.24) is 4.90 Å². The van der Waals surface area contributed by atoms with Gasteiger partial charge in [-0.25, -0.2) is 4.39 Å². The fourth-order valence-corrected chi connectivity index (χ4v) is 1.96. The van der Waals surface area contributed by atoms with Gasteiger partial charge in [-0.1, -0.05) is 0 Å². The van der Waals surface area contributed by atoms with Crippen LogP contribution in [-0.4, -0.2) is 37.1 Å². The van der Waals surface area contributed by atoms with Crippen molar-refractivity contribution in [2.75, 3.05) is 32.0 Å². The van der Waals surface area contributed by atoms with Crippen LogP contribution in [0.1, 0.15) is 22.3 Å². The molecule has 0 aromatic heterocycles. The van der Waals surface area contributed by atoms with Crippen molar-refractivity contribution < 1.29 is 13.9 Å². The lowest BCUT2D eigenvalue weighted by molar-refractivity contribution is 0.0741. The summed E-state index contributed by atoms with van der Waals surface area (Å²) in [6.45, 7) is 3.95. The minimum atomic E-state index is -0.440. The van der Waals surface area contributed by atoms with E-state index in [2.05, 4.69) is 0 Å². The van der Waals surface area contributed by atoms with Crippen LogP contribution in [0.4, 0.5) is 10.1 Å². The van der Waals surface area contributed by atoms with Gasteiger partial charge in [0, 0.05) is 36.5 Å². The molecule has 1 heterocycles. The highest BCUT2D eigenvalue weighted by molar-refractivity contribution is 5.95. The van der Waals surface area contributed by atoms with E-state index in [9.17, 15) is 9.18 Å². The van der Waals surface area contributed by atoms with Crippen molar-refractivity contribution in [3.63, 3.8) is 0 Å². The lowest BCUT2D eigenvalue weighted by atomic mass is 10.1. The van der Waals surface area contributed by atoms with Gasteiger partial charge in [0.1, 0.15) is 5.82 Å². The zero-order valence-electron chi connectivity index (χ0n) is 10.4. The van der Waals surface area contributed by atoms with E-state index in [1.165, 1.54) is 12.1 Å². The van der Waals surface area contributed by atoms with Gasteiger partial charge in [-0.3, -0.25) is 4.79 Å². The number of ether oxygens (including phenoxy) is 1.